The molecule has 4 nitrogen and oxygen atoms in total. The van der Waals surface area contributed by atoms with Crippen molar-refractivity contribution in [3.63, 3.8) is 0 Å². The number of ether oxygens (including phenoxy) is 1. The van der Waals surface area contributed by atoms with Crippen LogP contribution in [-0.2, 0) is 11.3 Å². The van der Waals surface area contributed by atoms with Crippen molar-refractivity contribution in [1.82, 2.24) is 9.88 Å². The summed E-state index contributed by atoms with van der Waals surface area (Å²) in [5.41, 5.74) is 0. The third-order valence-electron chi connectivity index (χ3n) is 3.97. The van der Waals surface area contributed by atoms with Crippen LogP contribution in [0.3, 0.4) is 0 Å². The van der Waals surface area contributed by atoms with Crippen molar-refractivity contribution in [2.24, 2.45) is 0 Å². The summed E-state index contributed by atoms with van der Waals surface area (Å²) in [6.45, 7) is 5.00. The van der Waals surface area contributed by atoms with Crippen LogP contribution >= 0.6 is 22.9 Å². The second-order valence-electron chi connectivity index (χ2n) is 5.74. The zero-order chi connectivity index (χ0) is 13.9. The summed E-state index contributed by atoms with van der Waals surface area (Å²) < 4.78 is 5.68. The minimum atomic E-state index is 0.393. The molecule has 0 radical (unpaired) electrons. The standard InChI is InChI=1S/C14H22ClN3OS/c1-17(9-11-5-4-8-19-11)10-12-13(15)16-14(20-12)18-6-2-3-7-18/h11H,2-10H2,1H3/t11-/m1/s1. The lowest BCUT2D eigenvalue weighted by molar-refractivity contribution is 0.0796. The fourth-order valence-electron chi connectivity index (χ4n) is 2.91. The Morgan fingerprint density at radius 1 is 1.40 bits per heavy atom. The highest BCUT2D eigenvalue weighted by Gasteiger charge is 2.21. The Morgan fingerprint density at radius 3 is 2.90 bits per heavy atom. The number of rotatable bonds is 5. The van der Waals surface area contributed by atoms with Crippen molar-refractivity contribution in [3.8, 4) is 0 Å². The van der Waals surface area contributed by atoms with E-state index in [2.05, 4.69) is 21.8 Å². The van der Waals surface area contributed by atoms with Crippen LogP contribution in [0.1, 0.15) is 30.6 Å². The molecule has 1 atom stereocenters. The van der Waals surface area contributed by atoms with Gasteiger partial charge in [-0.2, -0.15) is 0 Å². The van der Waals surface area contributed by atoms with Gasteiger partial charge in [0.2, 0.25) is 0 Å². The van der Waals surface area contributed by atoms with E-state index in [1.54, 1.807) is 11.3 Å². The molecule has 0 spiro atoms. The number of anilines is 1. The van der Waals surface area contributed by atoms with Gasteiger partial charge >= 0.3 is 0 Å². The second-order valence-corrected chi connectivity index (χ2v) is 7.16. The molecule has 6 heteroatoms. The molecule has 1 aromatic heterocycles. The molecule has 3 rings (SSSR count). The average Bonchev–Trinajstić information content (AvgIpc) is 3.12. The summed E-state index contributed by atoms with van der Waals surface area (Å²) in [6.07, 6.45) is 5.31. The zero-order valence-electron chi connectivity index (χ0n) is 12.0. The Bertz CT molecular complexity index is 442. The summed E-state index contributed by atoms with van der Waals surface area (Å²) in [4.78, 5) is 10.3. The molecule has 0 amide bonds. The Morgan fingerprint density at radius 2 is 2.20 bits per heavy atom. The van der Waals surface area contributed by atoms with Crippen molar-refractivity contribution in [2.75, 3.05) is 38.2 Å². The molecule has 2 saturated heterocycles. The maximum Gasteiger partial charge on any atom is 0.187 e. The Balaban J connectivity index is 1.58. The van der Waals surface area contributed by atoms with Crippen LogP contribution in [0.5, 0.6) is 0 Å². The van der Waals surface area contributed by atoms with Crippen LogP contribution < -0.4 is 4.90 Å². The second kappa shape index (κ2) is 6.60. The van der Waals surface area contributed by atoms with E-state index in [0.717, 1.165) is 37.9 Å². The van der Waals surface area contributed by atoms with Gasteiger partial charge in [0.1, 0.15) is 5.15 Å². The fraction of sp³-hybridized carbons (Fsp3) is 0.786. The van der Waals surface area contributed by atoms with Crippen LogP contribution in [0.25, 0.3) is 0 Å². The van der Waals surface area contributed by atoms with Crippen molar-refractivity contribution in [3.05, 3.63) is 10.0 Å². The Kier molecular flexibility index (Phi) is 4.81. The molecule has 0 N–H and O–H groups in total. The summed E-state index contributed by atoms with van der Waals surface area (Å²) in [7, 11) is 2.13. The van der Waals surface area contributed by atoms with E-state index < -0.39 is 0 Å². The molecule has 0 bridgehead atoms. The van der Waals surface area contributed by atoms with Gasteiger partial charge in [0.15, 0.2) is 5.13 Å². The molecule has 2 fully saturated rings. The zero-order valence-corrected chi connectivity index (χ0v) is 13.5. The maximum absolute atomic E-state index is 6.30. The molecule has 3 heterocycles. The fourth-order valence-corrected chi connectivity index (χ4v) is 4.30. The van der Waals surface area contributed by atoms with Crippen molar-refractivity contribution in [1.29, 1.82) is 0 Å². The first-order valence-corrected chi connectivity index (χ1v) is 8.62. The van der Waals surface area contributed by atoms with Gasteiger partial charge in [0, 0.05) is 32.8 Å². The highest BCUT2D eigenvalue weighted by Crippen LogP contribution is 2.32. The number of aromatic nitrogens is 1. The van der Waals surface area contributed by atoms with Gasteiger partial charge in [0.05, 0.1) is 11.0 Å². The summed E-state index contributed by atoms with van der Waals surface area (Å²) in [5.74, 6) is 0. The van der Waals surface area contributed by atoms with Gasteiger partial charge in [0.25, 0.3) is 0 Å². The average molecular weight is 316 g/mol. The molecule has 112 valence electrons. The van der Waals surface area contributed by atoms with E-state index in [0.29, 0.717) is 11.3 Å². The van der Waals surface area contributed by atoms with E-state index >= 15 is 0 Å². The van der Waals surface area contributed by atoms with Crippen molar-refractivity contribution < 1.29 is 4.74 Å². The minimum Gasteiger partial charge on any atom is -0.377 e. The van der Waals surface area contributed by atoms with Crippen LogP contribution in [0, 0.1) is 0 Å². The monoisotopic (exact) mass is 315 g/mol. The normalized spacial score (nSPS) is 23.1. The molecular formula is C14H22ClN3OS. The van der Waals surface area contributed by atoms with Gasteiger partial charge < -0.3 is 9.64 Å². The number of hydrogen-bond donors (Lipinski definition) is 0. The summed E-state index contributed by atoms with van der Waals surface area (Å²) in [5, 5.41) is 1.77. The number of halogens is 1. The van der Waals surface area contributed by atoms with Gasteiger partial charge in [-0.15, -0.1) is 0 Å². The SMILES string of the molecule is CN(Cc1sc(N2CCCC2)nc1Cl)C[C@H]1CCCO1. The van der Waals surface area contributed by atoms with E-state index in [1.165, 1.54) is 30.6 Å². The molecule has 0 unspecified atom stereocenters. The quantitative estimate of drug-likeness (QED) is 0.835. The molecule has 20 heavy (non-hydrogen) atoms. The molecule has 2 aliphatic heterocycles. The topological polar surface area (TPSA) is 28.6 Å². The summed E-state index contributed by atoms with van der Waals surface area (Å²) in [6, 6.07) is 0. The number of likely N-dealkylation sites (N-methyl/N-ethyl adjacent to an activating group) is 1. The molecule has 1 aromatic rings. The van der Waals surface area contributed by atoms with E-state index in [-0.39, 0.29) is 0 Å². The highest BCUT2D eigenvalue weighted by molar-refractivity contribution is 7.16. The number of nitrogens with zero attached hydrogens (tertiary/aromatic N) is 3. The van der Waals surface area contributed by atoms with Crippen LogP contribution in [0.2, 0.25) is 5.15 Å². The van der Waals surface area contributed by atoms with Gasteiger partial charge in [-0.25, -0.2) is 4.98 Å². The lowest BCUT2D eigenvalue weighted by Gasteiger charge is -2.19. The van der Waals surface area contributed by atoms with Gasteiger partial charge in [-0.05, 0) is 32.7 Å². The maximum atomic E-state index is 6.30. The third-order valence-corrected chi connectivity index (χ3v) is 5.49. The molecule has 0 aromatic carbocycles. The molecule has 0 aliphatic carbocycles. The minimum absolute atomic E-state index is 0.393. The number of thiazole rings is 1. The van der Waals surface area contributed by atoms with Gasteiger partial charge in [-0.1, -0.05) is 22.9 Å². The molecule has 2 aliphatic rings. The van der Waals surface area contributed by atoms with Crippen LogP contribution in [0.15, 0.2) is 0 Å². The first-order valence-electron chi connectivity index (χ1n) is 7.42. The predicted octanol–water partition coefficient (Wildman–Crippen LogP) is 3.01. The Labute approximate surface area is 129 Å². The van der Waals surface area contributed by atoms with Gasteiger partial charge in [-0.3, -0.25) is 4.90 Å². The van der Waals surface area contributed by atoms with E-state index in [4.69, 9.17) is 16.3 Å². The predicted molar refractivity (Wildman–Crippen MR) is 83.9 cm³/mol. The first-order chi connectivity index (χ1) is 9.72. The molecular weight excluding hydrogens is 294 g/mol. The van der Waals surface area contributed by atoms with E-state index in [1.807, 2.05) is 0 Å². The van der Waals surface area contributed by atoms with Crippen molar-refractivity contribution >= 4 is 28.1 Å². The first kappa shape index (κ1) is 14.6. The number of hydrogen-bond acceptors (Lipinski definition) is 5. The van der Waals surface area contributed by atoms with Crippen LogP contribution in [0.4, 0.5) is 5.13 Å². The van der Waals surface area contributed by atoms with Crippen LogP contribution in [-0.4, -0.2) is 49.3 Å². The largest absolute Gasteiger partial charge is 0.377 e. The Hall–Kier alpha value is -0.360. The lowest BCUT2D eigenvalue weighted by Crippen LogP contribution is -2.28. The third kappa shape index (κ3) is 3.45. The lowest BCUT2D eigenvalue weighted by atomic mass is 10.2. The summed E-state index contributed by atoms with van der Waals surface area (Å²) >= 11 is 8.04. The smallest absolute Gasteiger partial charge is 0.187 e. The highest BCUT2D eigenvalue weighted by atomic mass is 35.5. The van der Waals surface area contributed by atoms with Crippen molar-refractivity contribution in [2.45, 2.75) is 38.3 Å². The molecule has 0 saturated carbocycles. The van der Waals surface area contributed by atoms with E-state index in [9.17, 15) is 0 Å².